The Kier molecular flexibility index (Phi) is 3.88. The molecule has 5 aromatic rings. The topological polar surface area (TPSA) is 43.6 Å². The van der Waals surface area contributed by atoms with Crippen molar-refractivity contribution in [2.75, 3.05) is 0 Å². The molecule has 5 heteroatoms. The molecule has 28 heavy (non-hydrogen) atoms. The van der Waals surface area contributed by atoms with Crippen LogP contribution in [0.2, 0.25) is 5.02 Å². The molecule has 0 aliphatic carbocycles. The molecule has 0 spiro atoms. The molecule has 2 heterocycles. The number of aryl methyl sites for hydroxylation is 2. The summed E-state index contributed by atoms with van der Waals surface area (Å²) in [4.78, 5) is 14.5. The van der Waals surface area contributed by atoms with Crippen molar-refractivity contribution >= 4 is 33.9 Å². The quantitative estimate of drug-likeness (QED) is 0.380. The van der Waals surface area contributed by atoms with Gasteiger partial charge in [0.15, 0.2) is 11.3 Å². The van der Waals surface area contributed by atoms with Gasteiger partial charge in [-0.05, 0) is 61.4 Å². The first-order valence-corrected chi connectivity index (χ1v) is 9.47. The number of rotatable bonds is 2. The second kappa shape index (κ2) is 6.43. The lowest BCUT2D eigenvalue weighted by atomic mass is 10.1. The summed E-state index contributed by atoms with van der Waals surface area (Å²) in [5, 5.41) is 0.669. The molecule has 0 atom stereocenters. The molecule has 0 saturated carbocycles. The van der Waals surface area contributed by atoms with E-state index in [0.717, 1.165) is 33.8 Å². The number of halogens is 1. The first-order valence-electron chi connectivity index (χ1n) is 9.09. The molecule has 0 aliphatic heterocycles. The average molecular weight is 385 g/mol. The van der Waals surface area contributed by atoms with Crippen molar-refractivity contribution < 1.29 is 0 Å². The third kappa shape index (κ3) is 2.74. The van der Waals surface area contributed by atoms with Crippen molar-refractivity contribution in [3.63, 3.8) is 0 Å². The van der Waals surface area contributed by atoms with Crippen LogP contribution in [0.3, 0.4) is 0 Å². The lowest BCUT2D eigenvalue weighted by Crippen LogP contribution is -2.00. The van der Waals surface area contributed by atoms with Gasteiger partial charge in [-0.3, -0.25) is 4.57 Å². The number of para-hydroxylation sites is 2. The van der Waals surface area contributed by atoms with Gasteiger partial charge in [0.2, 0.25) is 0 Å². The second-order valence-electron chi connectivity index (χ2n) is 6.91. The smallest absolute Gasteiger partial charge is 0.199 e. The third-order valence-electron chi connectivity index (χ3n) is 5.00. The lowest BCUT2D eigenvalue weighted by molar-refractivity contribution is 1.07. The van der Waals surface area contributed by atoms with Crippen LogP contribution in [0.1, 0.15) is 11.1 Å². The van der Waals surface area contributed by atoms with Crippen LogP contribution in [0.4, 0.5) is 0 Å². The summed E-state index contributed by atoms with van der Waals surface area (Å²) >= 11 is 6.25. The molecule has 4 nitrogen and oxygen atoms in total. The summed E-state index contributed by atoms with van der Waals surface area (Å²) in [7, 11) is 0. The number of nitrogens with zero attached hydrogens (tertiary/aromatic N) is 4. The number of hydrogen-bond donors (Lipinski definition) is 0. The van der Waals surface area contributed by atoms with Gasteiger partial charge in [-0.1, -0.05) is 41.9 Å². The minimum Gasteiger partial charge on any atom is -0.275 e. The molecule has 2 aromatic heterocycles. The molecule has 0 amide bonds. The molecule has 3 aromatic carbocycles. The first kappa shape index (κ1) is 16.9. The number of fused-ring (bicyclic) bond motifs is 2. The molecule has 5 rings (SSSR count). The minimum absolute atomic E-state index is 0.618. The fraction of sp³-hybridized carbons (Fsp3) is 0.0870. The highest BCUT2D eigenvalue weighted by molar-refractivity contribution is 6.30. The van der Waals surface area contributed by atoms with Gasteiger partial charge in [-0.2, -0.15) is 0 Å². The standard InChI is InChI=1S/C23H17ClN4/c1-14-10-11-18(12-15(14)2)28-22(16-6-5-7-17(24)13-16)27-21-23(28)26-20-9-4-3-8-19(20)25-21/h3-13H,1-2H3. The van der Waals surface area contributed by atoms with Crippen LogP contribution in [0, 0.1) is 13.8 Å². The molecule has 0 saturated heterocycles. The van der Waals surface area contributed by atoms with Crippen LogP contribution in [0.15, 0.2) is 66.7 Å². The summed E-state index contributed by atoms with van der Waals surface area (Å²) in [6.45, 7) is 4.22. The summed E-state index contributed by atoms with van der Waals surface area (Å²) < 4.78 is 2.06. The summed E-state index contributed by atoms with van der Waals surface area (Å²) in [5.41, 5.74) is 7.41. The zero-order valence-electron chi connectivity index (χ0n) is 15.5. The van der Waals surface area contributed by atoms with Crippen molar-refractivity contribution in [2.24, 2.45) is 0 Å². The van der Waals surface area contributed by atoms with Crippen molar-refractivity contribution in [2.45, 2.75) is 13.8 Å². The average Bonchev–Trinajstić information content (AvgIpc) is 3.06. The van der Waals surface area contributed by atoms with Crippen LogP contribution in [0.25, 0.3) is 39.4 Å². The zero-order valence-corrected chi connectivity index (χ0v) is 16.3. The minimum atomic E-state index is 0.618. The van der Waals surface area contributed by atoms with Gasteiger partial charge in [0, 0.05) is 16.3 Å². The van der Waals surface area contributed by atoms with Crippen LogP contribution >= 0.6 is 11.6 Å². The lowest BCUT2D eigenvalue weighted by Gasteiger charge is -2.11. The number of benzene rings is 3. The van der Waals surface area contributed by atoms with Gasteiger partial charge in [-0.15, -0.1) is 0 Å². The van der Waals surface area contributed by atoms with E-state index in [4.69, 9.17) is 26.6 Å². The van der Waals surface area contributed by atoms with Gasteiger partial charge in [0.05, 0.1) is 11.0 Å². The Balaban J connectivity index is 1.89. The molecule has 0 fully saturated rings. The second-order valence-corrected chi connectivity index (χ2v) is 7.35. The summed E-state index contributed by atoms with van der Waals surface area (Å²) in [6, 6.07) is 21.9. The van der Waals surface area contributed by atoms with Crippen LogP contribution < -0.4 is 0 Å². The Labute approximate surface area is 167 Å². The van der Waals surface area contributed by atoms with Crippen molar-refractivity contribution in [3.05, 3.63) is 82.9 Å². The largest absolute Gasteiger partial charge is 0.275 e. The number of hydrogen-bond acceptors (Lipinski definition) is 3. The maximum atomic E-state index is 6.25. The molecule has 0 aliphatic rings. The summed E-state index contributed by atoms with van der Waals surface area (Å²) in [5.74, 6) is 0.774. The van der Waals surface area contributed by atoms with Crippen LogP contribution in [0.5, 0.6) is 0 Å². The maximum absolute atomic E-state index is 6.25. The van der Waals surface area contributed by atoms with E-state index in [1.54, 1.807) is 0 Å². The van der Waals surface area contributed by atoms with Crippen molar-refractivity contribution in [1.82, 2.24) is 19.5 Å². The number of imidazole rings is 1. The Bertz CT molecular complexity index is 1350. The Morgan fingerprint density at radius 1 is 0.750 bits per heavy atom. The van der Waals surface area contributed by atoms with Gasteiger partial charge in [0.25, 0.3) is 0 Å². The van der Waals surface area contributed by atoms with E-state index in [1.165, 1.54) is 11.1 Å². The summed E-state index contributed by atoms with van der Waals surface area (Å²) in [6.07, 6.45) is 0. The fourth-order valence-corrected chi connectivity index (χ4v) is 3.58. The van der Waals surface area contributed by atoms with E-state index < -0.39 is 0 Å². The normalized spacial score (nSPS) is 11.4. The highest BCUT2D eigenvalue weighted by Crippen LogP contribution is 2.30. The van der Waals surface area contributed by atoms with E-state index in [0.29, 0.717) is 10.7 Å². The van der Waals surface area contributed by atoms with Crippen LogP contribution in [-0.4, -0.2) is 19.5 Å². The van der Waals surface area contributed by atoms with Crippen molar-refractivity contribution in [3.8, 4) is 17.1 Å². The van der Waals surface area contributed by atoms with E-state index in [9.17, 15) is 0 Å². The Hall–Kier alpha value is -3.24. The monoisotopic (exact) mass is 384 g/mol. The molecule has 136 valence electrons. The molecular weight excluding hydrogens is 368 g/mol. The molecular formula is C23H17ClN4. The van der Waals surface area contributed by atoms with Crippen molar-refractivity contribution in [1.29, 1.82) is 0 Å². The van der Waals surface area contributed by atoms with E-state index in [2.05, 4.69) is 36.6 Å². The predicted molar refractivity (Wildman–Crippen MR) is 114 cm³/mol. The first-order chi connectivity index (χ1) is 13.6. The van der Waals surface area contributed by atoms with Gasteiger partial charge in [0.1, 0.15) is 5.82 Å². The molecule has 0 radical (unpaired) electrons. The Morgan fingerprint density at radius 2 is 1.54 bits per heavy atom. The third-order valence-corrected chi connectivity index (χ3v) is 5.24. The van der Waals surface area contributed by atoms with E-state index >= 15 is 0 Å². The van der Waals surface area contributed by atoms with Gasteiger partial charge < -0.3 is 0 Å². The number of aromatic nitrogens is 4. The highest BCUT2D eigenvalue weighted by atomic mass is 35.5. The van der Waals surface area contributed by atoms with E-state index in [-0.39, 0.29) is 0 Å². The van der Waals surface area contributed by atoms with E-state index in [1.807, 2.05) is 48.5 Å². The SMILES string of the molecule is Cc1ccc(-n2c(-c3cccc(Cl)c3)nc3nc4ccccc4nc32)cc1C. The van der Waals surface area contributed by atoms with Crippen LogP contribution in [-0.2, 0) is 0 Å². The zero-order chi connectivity index (χ0) is 19.3. The Morgan fingerprint density at radius 3 is 2.29 bits per heavy atom. The fourth-order valence-electron chi connectivity index (χ4n) is 3.39. The van der Waals surface area contributed by atoms with Gasteiger partial charge in [-0.25, -0.2) is 15.0 Å². The molecule has 0 N–H and O–H groups in total. The highest BCUT2D eigenvalue weighted by Gasteiger charge is 2.18. The maximum Gasteiger partial charge on any atom is 0.199 e. The molecule has 0 bridgehead atoms. The van der Waals surface area contributed by atoms with Gasteiger partial charge >= 0.3 is 0 Å². The molecule has 0 unspecified atom stereocenters. The predicted octanol–water partition coefficient (Wildman–Crippen LogP) is 5.91.